The van der Waals surface area contributed by atoms with Gasteiger partial charge in [-0.1, -0.05) is 23.5 Å². The van der Waals surface area contributed by atoms with Crippen molar-refractivity contribution in [1.82, 2.24) is 4.73 Å². The summed E-state index contributed by atoms with van der Waals surface area (Å²) in [5, 5.41) is 23.7. The van der Waals surface area contributed by atoms with Gasteiger partial charge in [0.05, 0.1) is 0 Å². The molecular weight excluding hydrogens is 350 g/mol. The van der Waals surface area contributed by atoms with E-state index in [0.29, 0.717) is 28.3 Å². The molecule has 0 saturated heterocycles. The van der Waals surface area contributed by atoms with Crippen LogP contribution in [-0.4, -0.2) is 52.7 Å². The Balaban J connectivity index is 3.08. The fourth-order valence-corrected chi connectivity index (χ4v) is 3.23. The molecule has 9 nitrogen and oxygen atoms in total. The van der Waals surface area contributed by atoms with Gasteiger partial charge in [0.2, 0.25) is 11.8 Å². The van der Waals surface area contributed by atoms with E-state index in [0.717, 1.165) is 26.0 Å². The molecule has 126 valence electrons. The van der Waals surface area contributed by atoms with E-state index in [1.165, 1.54) is 0 Å². The molecule has 0 saturated carbocycles. The first kappa shape index (κ1) is 18.9. The highest BCUT2D eigenvalue weighted by Crippen LogP contribution is 2.28. The first-order valence-electron chi connectivity index (χ1n) is 6.02. The molecule has 0 fully saturated rings. The van der Waals surface area contributed by atoms with Crippen molar-refractivity contribution in [3.63, 3.8) is 0 Å². The number of aliphatic carboxylic acids is 1. The Morgan fingerprint density at radius 3 is 1.83 bits per heavy atom. The quantitative estimate of drug-likeness (QED) is 0.643. The van der Waals surface area contributed by atoms with E-state index in [9.17, 15) is 34.5 Å². The second kappa shape index (κ2) is 7.92. The Bertz CT molecular complexity index is 622. The van der Waals surface area contributed by atoms with Gasteiger partial charge in [0, 0.05) is 26.0 Å². The number of carbonyl (C=O) groups is 4. The minimum atomic E-state index is -1.58. The zero-order valence-electron chi connectivity index (χ0n) is 12.0. The third-order valence-corrected chi connectivity index (χ3v) is 4.60. The molecule has 2 unspecified atom stereocenters. The van der Waals surface area contributed by atoms with Crippen molar-refractivity contribution < 1.29 is 39.3 Å². The van der Waals surface area contributed by atoms with E-state index in [2.05, 4.69) is 0 Å². The van der Waals surface area contributed by atoms with E-state index >= 15 is 0 Å². The molecule has 23 heavy (non-hydrogen) atoms. The first-order chi connectivity index (χ1) is 10.6. The number of rotatable bonds is 6. The molecule has 0 radical (unpaired) electrons. The maximum absolute atomic E-state index is 12.2. The Labute approximate surface area is 138 Å². The van der Waals surface area contributed by atoms with Gasteiger partial charge >= 0.3 is 11.9 Å². The highest BCUT2D eigenvalue weighted by Gasteiger charge is 2.39. The Hall–Kier alpha value is -2.14. The van der Waals surface area contributed by atoms with Crippen LogP contribution in [0.3, 0.4) is 0 Å². The molecule has 0 bridgehead atoms. The van der Waals surface area contributed by atoms with Crippen LogP contribution in [0.1, 0.15) is 13.8 Å². The van der Waals surface area contributed by atoms with Gasteiger partial charge in [0.15, 0.2) is 10.2 Å². The Kier molecular flexibility index (Phi) is 6.51. The summed E-state index contributed by atoms with van der Waals surface area (Å²) in [7, 11) is 0. The summed E-state index contributed by atoms with van der Waals surface area (Å²) in [4.78, 5) is 50.6. The van der Waals surface area contributed by atoms with Gasteiger partial charge in [-0.15, -0.1) is 4.73 Å². The minimum Gasteiger partial charge on any atom is -0.492 e. The van der Waals surface area contributed by atoms with Gasteiger partial charge in [-0.25, -0.2) is 4.79 Å². The van der Waals surface area contributed by atoms with Crippen LogP contribution in [0.4, 0.5) is 0 Å². The van der Waals surface area contributed by atoms with Crippen molar-refractivity contribution in [1.29, 1.82) is 0 Å². The summed E-state index contributed by atoms with van der Waals surface area (Å²) in [5.74, 6) is -3.91. The summed E-state index contributed by atoms with van der Waals surface area (Å²) in [6.45, 7) is 2.23. The predicted octanol–water partition coefficient (Wildman–Crippen LogP) is 0.236. The number of thioether (sulfide) groups is 2. The second-order valence-corrected chi connectivity index (χ2v) is 6.79. The molecule has 0 aliphatic heterocycles. The molecule has 3 N–H and O–H groups in total. The van der Waals surface area contributed by atoms with E-state index in [1.807, 2.05) is 0 Å². The molecule has 1 heterocycles. The minimum absolute atomic E-state index is 0.361. The van der Waals surface area contributed by atoms with E-state index in [-0.39, 0.29) is 0 Å². The molecule has 0 amide bonds. The number of hydrogen-bond donors (Lipinski definition) is 3. The van der Waals surface area contributed by atoms with E-state index in [4.69, 9.17) is 4.84 Å². The van der Waals surface area contributed by atoms with E-state index < -0.39 is 44.4 Å². The smallest absolute Gasteiger partial charge is 0.348 e. The van der Waals surface area contributed by atoms with Crippen LogP contribution in [0.2, 0.25) is 0 Å². The van der Waals surface area contributed by atoms with Crippen molar-refractivity contribution in [3.8, 4) is 11.8 Å². The van der Waals surface area contributed by atoms with Gasteiger partial charge in [0.1, 0.15) is 10.5 Å². The summed E-state index contributed by atoms with van der Waals surface area (Å²) in [5.41, 5.74) is 0. The molecule has 1 aromatic rings. The highest BCUT2D eigenvalue weighted by atomic mass is 32.2. The van der Waals surface area contributed by atoms with Crippen LogP contribution < -0.4 is 4.84 Å². The van der Waals surface area contributed by atoms with Gasteiger partial charge in [-0.05, 0) is 0 Å². The zero-order chi connectivity index (χ0) is 17.7. The van der Waals surface area contributed by atoms with Crippen LogP contribution in [0.25, 0.3) is 0 Å². The summed E-state index contributed by atoms with van der Waals surface area (Å²) in [6.07, 6.45) is 0. The third kappa shape index (κ3) is 5.21. The second-order valence-electron chi connectivity index (χ2n) is 4.15. The van der Waals surface area contributed by atoms with Crippen molar-refractivity contribution in [2.24, 2.45) is 0 Å². The average molecular weight is 363 g/mol. The lowest BCUT2D eigenvalue weighted by molar-refractivity contribution is -0.147. The van der Waals surface area contributed by atoms with Crippen molar-refractivity contribution >= 4 is 45.7 Å². The summed E-state index contributed by atoms with van der Waals surface area (Å²) in [6, 6.07) is 2.07. The number of carbonyl (C=O) groups excluding carboxylic acids is 3. The van der Waals surface area contributed by atoms with Gasteiger partial charge in [-0.3, -0.25) is 14.4 Å². The van der Waals surface area contributed by atoms with Crippen molar-refractivity contribution in [3.05, 3.63) is 12.1 Å². The summed E-state index contributed by atoms with van der Waals surface area (Å²) < 4.78 is 0.368. The fraction of sp³-hybridized carbons (Fsp3) is 0.333. The maximum Gasteiger partial charge on any atom is 0.348 e. The molecule has 1 rings (SSSR count). The molecule has 0 aliphatic rings. The number of carboxylic acids is 1. The zero-order valence-corrected chi connectivity index (χ0v) is 13.6. The standard InChI is InChI=1S/C12H13NO8S2/c1-5(14)22-9(11(18)19)10(23-6(2)15)12(20)21-13-7(16)3-4-8(13)17/h3-4,9-10,16-17H,1-2H3,(H,18,19). The van der Waals surface area contributed by atoms with Crippen LogP contribution in [0.5, 0.6) is 11.8 Å². The highest BCUT2D eigenvalue weighted by molar-refractivity contribution is 8.18. The molecule has 1 aromatic heterocycles. The summed E-state index contributed by atoms with van der Waals surface area (Å²) >= 11 is 0.736. The average Bonchev–Trinajstić information content (AvgIpc) is 2.73. The predicted molar refractivity (Wildman–Crippen MR) is 81.1 cm³/mol. The Morgan fingerprint density at radius 2 is 1.43 bits per heavy atom. The number of aromatic hydroxyl groups is 2. The number of hydrogen-bond acceptors (Lipinski definition) is 9. The first-order valence-corrected chi connectivity index (χ1v) is 7.78. The van der Waals surface area contributed by atoms with E-state index in [1.54, 1.807) is 0 Å². The van der Waals surface area contributed by atoms with Crippen molar-refractivity contribution in [2.75, 3.05) is 0 Å². The number of carboxylic acid groups (broad SMARTS) is 1. The maximum atomic E-state index is 12.2. The lowest BCUT2D eigenvalue weighted by Crippen LogP contribution is -2.41. The number of aromatic nitrogens is 1. The molecule has 0 spiro atoms. The SMILES string of the molecule is CC(=O)SC(C(=O)O)C(SC(C)=O)C(=O)On1c(O)ccc1O. The van der Waals surface area contributed by atoms with Crippen molar-refractivity contribution in [2.45, 2.75) is 24.3 Å². The van der Waals surface area contributed by atoms with Gasteiger partial charge in [0.25, 0.3) is 0 Å². The fourth-order valence-electron chi connectivity index (χ4n) is 1.47. The molecular formula is C12H13NO8S2. The van der Waals surface area contributed by atoms with Crippen LogP contribution in [-0.2, 0) is 19.2 Å². The monoisotopic (exact) mass is 363 g/mol. The van der Waals surface area contributed by atoms with Gasteiger partial charge < -0.3 is 20.2 Å². The Morgan fingerprint density at radius 1 is 1.00 bits per heavy atom. The molecule has 0 aromatic carbocycles. The lowest BCUT2D eigenvalue weighted by Gasteiger charge is -2.19. The van der Waals surface area contributed by atoms with Gasteiger partial charge in [-0.2, -0.15) is 0 Å². The molecule has 11 heteroatoms. The molecule has 2 atom stereocenters. The molecule has 0 aliphatic carbocycles. The lowest BCUT2D eigenvalue weighted by atomic mass is 10.3. The third-order valence-electron chi connectivity index (χ3n) is 2.32. The number of nitrogens with zero attached hydrogens (tertiary/aromatic N) is 1. The van der Waals surface area contributed by atoms with Crippen LogP contribution in [0.15, 0.2) is 12.1 Å². The normalized spacial score (nSPS) is 13.1. The largest absolute Gasteiger partial charge is 0.492 e. The topological polar surface area (TPSA) is 143 Å². The van der Waals surface area contributed by atoms with Crippen LogP contribution in [0, 0.1) is 0 Å². The van der Waals surface area contributed by atoms with Crippen LogP contribution >= 0.6 is 23.5 Å².